The minimum absolute atomic E-state index is 0.468. The normalized spacial score (nSPS) is 12.1. The Balaban J connectivity index is 2.65. The standard InChI is InChI=1S/C15H20SSe/c1-3-5-12-16-15(17)14(9-4-2)13-10-7-6-8-11-13/h4,6-8,10-11,14H,2-3,5,9,12H2,1H3. The molecule has 1 atom stereocenters. The second-order valence-corrected chi connectivity index (χ2v) is 6.65. The molecule has 1 unspecified atom stereocenters. The van der Waals surface area contributed by atoms with Crippen LogP contribution < -0.4 is 0 Å². The number of allylic oxidation sites excluding steroid dienone is 1. The SMILES string of the molecule is C=CCC(C(=[Se])SCCCC)c1ccccc1. The van der Waals surface area contributed by atoms with E-state index in [9.17, 15) is 0 Å². The van der Waals surface area contributed by atoms with Crippen LogP contribution in [-0.4, -0.2) is 25.1 Å². The van der Waals surface area contributed by atoms with Gasteiger partial charge in [-0.3, -0.25) is 0 Å². The van der Waals surface area contributed by atoms with Crippen molar-refractivity contribution in [3.05, 3.63) is 48.6 Å². The zero-order valence-electron chi connectivity index (χ0n) is 10.4. The van der Waals surface area contributed by atoms with E-state index < -0.39 is 0 Å². The molecule has 0 aliphatic carbocycles. The summed E-state index contributed by atoms with van der Waals surface area (Å²) in [4.78, 5) is 0. The van der Waals surface area contributed by atoms with Crippen molar-refractivity contribution in [2.75, 3.05) is 5.75 Å². The number of benzene rings is 1. The zero-order valence-corrected chi connectivity index (χ0v) is 12.9. The summed E-state index contributed by atoms with van der Waals surface area (Å²) in [6, 6.07) is 10.7. The monoisotopic (exact) mass is 312 g/mol. The van der Waals surface area contributed by atoms with Crippen molar-refractivity contribution < 1.29 is 0 Å². The van der Waals surface area contributed by atoms with Gasteiger partial charge >= 0.3 is 117 Å². The second-order valence-electron chi connectivity index (χ2n) is 4.01. The molecule has 0 aliphatic heterocycles. The van der Waals surface area contributed by atoms with E-state index in [2.05, 4.69) is 59.4 Å². The van der Waals surface area contributed by atoms with Crippen molar-refractivity contribution >= 4 is 31.1 Å². The quantitative estimate of drug-likeness (QED) is 0.394. The van der Waals surface area contributed by atoms with Gasteiger partial charge in [-0.05, 0) is 0 Å². The van der Waals surface area contributed by atoms with Crippen LogP contribution >= 0.6 is 11.8 Å². The van der Waals surface area contributed by atoms with Crippen molar-refractivity contribution in [1.29, 1.82) is 0 Å². The average Bonchev–Trinajstić information content (AvgIpc) is 2.37. The molecule has 0 spiro atoms. The van der Waals surface area contributed by atoms with Crippen LogP contribution in [0.3, 0.4) is 0 Å². The Hall–Kier alpha value is -0.301. The van der Waals surface area contributed by atoms with E-state index in [0.717, 1.165) is 6.42 Å². The Morgan fingerprint density at radius 2 is 2.12 bits per heavy atom. The average molecular weight is 311 g/mol. The first-order chi connectivity index (χ1) is 8.29. The molecule has 0 aromatic heterocycles. The first-order valence-corrected chi connectivity index (χ1v) is 7.96. The Labute approximate surface area is 117 Å². The molecule has 0 saturated carbocycles. The maximum absolute atomic E-state index is 3.87. The summed E-state index contributed by atoms with van der Waals surface area (Å²) in [6.45, 7) is 6.10. The van der Waals surface area contributed by atoms with Crippen molar-refractivity contribution in [2.24, 2.45) is 0 Å². The van der Waals surface area contributed by atoms with Crippen molar-refractivity contribution in [3.63, 3.8) is 0 Å². The van der Waals surface area contributed by atoms with Crippen LogP contribution in [0.1, 0.15) is 37.7 Å². The van der Waals surface area contributed by atoms with E-state index in [0.29, 0.717) is 5.92 Å². The van der Waals surface area contributed by atoms with Gasteiger partial charge < -0.3 is 0 Å². The summed E-state index contributed by atoms with van der Waals surface area (Å²) >= 11 is 5.21. The van der Waals surface area contributed by atoms with E-state index in [1.165, 1.54) is 27.9 Å². The van der Waals surface area contributed by atoms with Crippen LogP contribution in [0.15, 0.2) is 43.0 Å². The third-order valence-electron chi connectivity index (χ3n) is 2.63. The molecular formula is C15H20SSe. The number of hydrogen-bond donors (Lipinski definition) is 0. The summed E-state index contributed by atoms with van der Waals surface area (Å²) in [7, 11) is 0. The van der Waals surface area contributed by atoms with Crippen LogP contribution in [0.4, 0.5) is 0 Å². The van der Waals surface area contributed by atoms with Gasteiger partial charge in [-0.2, -0.15) is 0 Å². The van der Waals surface area contributed by atoms with Gasteiger partial charge in [-0.15, -0.1) is 0 Å². The summed E-state index contributed by atoms with van der Waals surface area (Å²) in [5.41, 5.74) is 1.38. The van der Waals surface area contributed by atoms with Gasteiger partial charge in [0.25, 0.3) is 0 Å². The van der Waals surface area contributed by atoms with Crippen LogP contribution in [0.25, 0.3) is 0 Å². The fourth-order valence-electron chi connectivity index (χ4n) is 1.64. The predicted molar refractivity (Wildman–Crippen MR) is 82.1 cm³/mol. The molecule has 0 amide bonds. The Morgan fingerprint density at radius 1 is 1.41 bits per heavy atom. The van der Waals surface area contributed by atoms with Gasteiger partial charge in [0.05, 0.1) is 0 Å². The molecule has 0 N–H and O–H groups in total. The number of hydrogen-bond acceptors (Lipinski definition) is 1. The van der Waals surface area contributed by atoms with Crippen LogP contribution in [0.2, 0.25) is 0 Å². The Morgan fingerprint density at radius 3 is 2.71 bits per heavy atom. The van der Waals surface area contributed by atoms with Gasteiger partial charge in [-0.1, -0.05) is 0 Å². The Kier molecular flexibility index (Phi) is 7.59. The van der Waals surface area contributed by atoms with Gasteiger partial charge in [0.1, 0.15) is 0 Å². The number of thioether (sulfide) groups is 1. The van der Waals surface area contributed by atoms with E-state index in [1.807, 2.05) is 17.8 Å². The summed E-state index contributed by atoms with van der Waals surface area (Å²) in [5.74, 6) is 1.68. The first kappa shape index (κ1) is 14.8. The van der Waals surface area contributed by atoms with E-state index in [1.54, 1.807) is 0 Å². The Bertz CT molecular complexity index is 345. The van der Waals surface area contributed by atoms with Gasteiger partial charge in [0, 0.05) is 0 Å². The topological polar surface area (TPSA) is 0 Å². The van der Waals surface area contributed by atoms with Crippen molar-refractivity contribution in [3.8, 4) is 0 Å². The summed E-state index contributed by atoms with van der Waals surface area (Å²) in [6.07, 6.45) is 5.56. The molecular weight excluding hydrogens is 291 g/mol. The molecule has 1 rings (SSSR count). The van der Waals surface area contributed by atoms with Crippen LogP contribution in [-0.2, 0) is 0 Å². The zero-order chi connectivity index (χ0) is 12.5. The molecule has 0 aliphatic rings. The maximum atomic E-state index is 3.87. The summed E-state index contributed by atoms with van der Waals surface area (Å²) in [5, 5.41) is 0. The minimum atomic E-state index is 0.468. The van der Waals surface area contributed by atoms with Crippen LogP contribution in [0, 0.1) is 0 Å². The van der Waals surface area contributed by atoms with Crippen molar-refractivity contribution in [2.45, 2.75) is 32.1 Å². The van der Waals surface area contributed by atoms with Gasteiger partial charge in [0.15, 0.2) is 0 Å². The molecule has 92 valence electrons. The van der Waals surface area contributed by atoms with Crippen LogP contribution in [0.5, 0.6) is 0 Å². The third-order valence-corrected chi connectivity index (χ3v) is 5.03. The van der Waals surface area contributed by atoms with E-state index in [4.69, 9.17) is 0 Å². The van der Waals surface area contributed by atoms with E-state index in [-0.39, 0.29) is 0 Å². The molecule has 0 bridgehead atoms. The molecule has 0 nitrogen and oxygen atoms in total. The second kappa shape index (κ2) is 8.74. The fraction of sp³-hybridized carbons (Fsp3) is 0.400. The van der Waals surface area contributed by atoms with E-state index >= 15 is 0 Å². The molecule has 1 aromatic rings. The molecule has 1 aromatic carbocycles. The molecule has 0 heterocycles. The third kappa shape index (κ3) is 5.25. The molecule has 0 radical (unpaired) electrons. The summed E-state index contributed by atoms with van der Waals surface area (Å²) < 4.78 is 1.39. The molecule has 17 heavy (non-hydrogen) atoms. The predicted octanol–water partition coefficient (Wildman–Crippen LogP) is 4.18. The number of rotatable bonds is 8. The molecule has 2 heteroatoms. The molecule has 0 saturated heterocycles. The fourth-order valence-corrected chi connectivity index (χ4v) is 3.72. The van der Waals surface area contributed by atoms with Gasteiger partial charge in [0.2, 0.25) is 0 Å². The number of unbranched alkanes of at least 4 members (excludes halogenated alkanes) is 1. The van der Waals surface area contributed by atoms with Crippen molar-refractivity contribution in [1.82, 2.24) is 0 Å². The first-order valence-electron chi connectivity index (χ1n) is 6.12. The van der Waals surface area contributed by atoms with Gasteiger partial charge in [-0.25, -0.2) is 0 Å². The molecule has 0 fully saturated rings.